The predicted octanol–water partition coefficient (Wildman–Crippen LogP) is 0.382. The lowest BCUT2D eigenvalue weighted by Gasteiger charge is -2.11. The minimum atomic E-state index is -0.387. The van der Waals surface area contributed by atoms with Crippen molar-refractivity contribution in [2.45, 2.75) is 13.0 Å². The topological polar surface area (TPSA) is 57.2 Å². The number of nitrogens with zero attached hydrogens (tertiary/aromatic N) is 1. The number of hydrogen-bond acceptors (Lipinski definition) is 4. The third-order valence-corrected chi connectivity index (χ3v) is 1.85. The van der Waals surface area contributed by atoms with Crippen molar-refractivity contribution >= 4 is 5.82 Å². The summed E-state index contributed by atoms with van der Waals surface area (Å²) in [6.07, 6.45) is -0.387. The van der Waals surface area contributed by atoms with Gasteiger partial charge in [0.1, 0.15) is 5.82 Å². The van der Waals surface area contributed by atoms with Crippen LogP contribution in [0.4, 0.5) is 5.82 Å². The maximum atomic E-state index is 9.43. The summed E-state index contributed by atoms with van der Waals surface area (Å²) in [6.45, 7) is 3.03. The maximum absolute atomic E-state index is 9.43. The van der Waals surface area contributed by atoms with E-state index in [0.29, 0.717) is 13.1 Å². The Balaban J connectivity index is 2.37. The summed E-state index contributed by atoms with van der Waals surface area (Å²) in [6, 6.07) is 5.77. The molecule has 4 heteroatoms. The molecule has 0 aliphatic carbocycles. The Morgan fingerprint density at radius 2 is 2.21 bits per heavy atom. The van der Waals surface area contributed by atoms with Crippen molar-refractivity contribution in [1.29, 1.82) is 0 Å². The number of anilines is 1. The molecule has 1 aromatic heterocycles. The lowest BCUT2D eigenvalue weighted by atomic mass is 10.3. The molecule has 0 bridgehead atoms. The molecule has 0 aromatic carbocycles. The van der Waals surface area contributed by atoms with Crippen LogP contribution in [0.1, 0.15) is 5.69 Å². The Bertz CT molecular complexity index is 278. The average molecular weight is 195 g/mol. The first kappa shape index (κ1) is 10.9. The minimum Gasteiger partial charge on any atom is -0.390 e. The molecule has 0 spiro atoms. The van der Waals surface area contributed by atoms with Crippen molar-refractivity contribution in [1.82, 2.24) is 10.3 Å². The normalized spacial score (nSPS) is 12.5. The Hall–Kier alpha value is -1.13. The molecule has 0 amide bonds. The largest absolute Gasteiger partial charge is 0.390 e. The molecule has 1 aromatic rings. The van der Waals surface area contributed by atoms with E-state index in [9.17, 15) is 5.11 Å². The Kier molecular flexibility index (Phi) is 4.35. The van der Waals surface area contributed by atoms with Crippen LogP contribution in [0.15, 0.2) is 18.2 Å². The van der Waals surface area contributed by atoms with Crippen LogP contribution in [0.25, 0.3) is 0 Å². The van der Waals surface area contributed by atoms with Gasteiger partial charge in [-0.3, -0.25) is 0 Å². The summed E-state index contributed by atoms with van der Waals surface area (Å²) in [5.74, 6) is 0.806. The van der Waals surface area contributed by atoms with Gasteiger partial charge < -0.3 is 15.7 Å². The van der Waals surface area contributed by atoms with Crippen molar-refractivity contribution in [2.75, 3.05) is 25.5 Å². The molecule has 0 fully saturated rings. The molecule has 0 saturated heterocycles. The maximum Gasteiger partial charge on any atom is 0.126 e. The number of likely N-dealkylation sites (N-methyl/N-ethyl adjacent to an activating group) is 1. The average Bonchev–Trinajstić information content (AvgIpc) is 2.15. The van der Waals surface area contributed by atoms with Crippen molar-refractivity contribution in [3.63, 3.8) is 0 Å². The SMILES string of the molecule is CNCC(O)CNc1cccc(C)n1. The fourth-order valence-electron chi connectivity index (χ4n) is 1.17. The Morgan fingerprint density at radius 3 is 2.86 bits per heavy atom. The molecule has 0 saturated carbocycles. The summed E-state index contributed by atoms with van der Waals surface area (Å²) in [5, 5.41) is 15.4. The first-order valence-electron chi connectivity index (χ1n) is 4.72. The Labute approximate surface area is 84.4 Å². The molecule has 14 heavy (non-hydrogen) atoms. The monoisotopic (exact) mass is 195 g/mol. The highest BCUT2D eigenvalue weighted by molar-refractivity contribution is 5.35. The van der Waals surface area contributed by atoms with E-state index in [-0.39, 0.29) is 6.10 Å². The van der Waals surface area contributed by atoms with E-state index in [4.69, 9.17) is 0 Å². The number of aromatic nitrogens is 1. The van der Waals surface area contributed by atoms with Gasteiger partial charge >= 0.3 is 0 Å². The smallest absolute Gasteiger partial charge is 0.126 e. The molecule has 1 rings (SSSR count). The number of aliphatic hydroxyl groups excluding tert-OH is 1. The zero-order valence-corrected chi connectivity index (χ0v) is 8.62. The van der Waals surface area contributed by atoms with E-state index in [2.05, 4.69) is 15.6 Å². The number of nitrogens with one attached hydrogen (secondary N) is 2. The first-order valence-corrected chi connectivity index (χ1v) is 4.72. The van der Waals surface area contributed by atoms with E-state index in [1.54, 1.807) is 0 Å². The molecular weight excluding hydrogens is 178 g/mol. The van der Waals surface area contributed by atoms with E-state index in [1.807, 2.05) is 32.2 Å². The van der Waals surface area contributed by atoms with Crippen molar-refractivity contribution in [2.24, 2.45) is 0 Å². The van der Waals surface area contributed by atoms with Crippen LogP contribution in [0.5, 0.6) is 0 Å². The van der Waals surface area contributed by atoms with Gasteiger partial charge in [-0.1, -0.05) is 6.07 Å². The summed E-state index contributed by atoms with van der Waals surface area (Å²) >= 11 is 0. The second kappa shape index (κ2) is 5.57. The zero-order valence-electron chi connectivity index (χ0n) is 8.62. The van der Waals surface area contributed by atoms with Crippen LogP contribution in [-0.4, -0.2) is 36.3 Å². The van der Waals surface area contributed by atoms with Gasteiger partial charge in [-0.25, -0.2) is 4.98 Å². The molecule has 78 valence electrons. The van der Waals surface area contributed by atoms with E-state index in [0.717, 1.165) is 11.5 Å². The van der Waals surface area contributed by atoms with E-state index in [1.165, 1.54) is 0 Å². The van der Waals surface area contributed by atoms with Gasteiger partial charge in [0.05, 0.1) is 6.10 Å². The highest BCUT2D eigenvalue weighted by Crippen LogP contribution is 2.03. The van der Waals surface area contributed by atoms with Gasteiger partial charge in [-0.15, -0.1) is 0 Å². The van der Waals surface area contributed by atoms with E-state index >= 15 is 0 Å². The molecule has 1 unspecified atom stereocenters. The summed E-state index contributed by atoms with van der Waals surface area (Å²) < 4.78 is 0. The summed E-state index contributed by atoms with van der Waals surface area (Å²) in [7, 11) is 1.81. The van der Waals surface area contributed by atoms with Crippen LogP contribution < -0.4 is 10.6 Å². The number of aryl methyl sites for hydroxylation is 1. The standard InChI is InChI=1S/C10H17N3O/c1-8-4-3-5-10(13-8)12-7-9(14)6-11-2/h3-5,9,11,14H,6-7H2,1-2H3,(H,12,13). The van der Waals surface area contributed by atoms with Gasteiger partial charge in [0.25, 0.3) is 0 Å². The second-order valence-electron chi connectivity index (χ2n) is 3.26. The van der Waals surface area contributed by atoms with Crippen LogP contribution >= 0.6 is 0 Å². The third-order valence-electron chi connectivity index (χ3n) is 1.85. The lowest BCUT2D eigenvalue weighted by Crippen LogP contribution is -2.30. The van der Waals surface area contributed by atoms with Gasteiger partial charge in [0, 0.05) is 18.8 Å². The number of rotatable bonds is 5. The van der Waals surface area contributed by atoms with Gasteiger partial charge in [-0.2, -0.15) is 0 Å². The Morgan fingerprint density at radius 1 is 1.43 bits per heavy atom. The fraction of sp³-hybridized carbons (Fsp3) is 0.500. The van der Waals surface area contributed by atoms with Crippen molar-refractivity contribution in [3.8, 4) is 0 Å². The summed E-state index contributed by atoms with van der Waals surface area (Å²) in [5.41, 5.74) is 0.970. The molecular formula is C10H17N3O. The van der Waals surface area contributed by atoms with Crippen LogP contribution in [0, 0.1) is 6.92 Å². The molecule has 4 nitrogen and oxygen atoms in total. The zero-order chi connectivity index (χ0) is 10.4. The van der Waals surface area contributed by atoms with Crippen molar-refractivity contribution in [3.05, 3.63) is 23.9 Å². The minimum absolute atomic E-state index is 0.387. The third kappa shape index (κ3) is 3.72. The predicted molar refractivity (Wildman–Crippen MR) is 57.4 cm³/mol. The van der Waals surface area contributed by atoms with Gasteiger partial charge in [-0.05, 0) is 26.1 Å². The molecule has 0 radical (unpaired) electrons. The molecule has 0 aliphatic heterocycles. The van der Waals surface area contributed by atoms with Gasteiger partial charge in [0.15, 0.2) is 0 Å². The van der Waals surface area contributed by atoms with Crippen LogP contribution in [-0.2, 0) is 0 Å². The quantitative estimate of drug-likeness (QED) is 0.636. The first-order chi connectivity index (χ1) is 6.72. The van der Waals surface area contributed by atoms with Crippen LogP contribution in [0.2, 0.25) is 0 Å². The lowest BCUT2D eigenvalue weighted by molar-refractivity contribution is 0.187. The number of aliphatic hydroxyl groups is 1. The van der Waals surface area contributed by atoms with E-state index < -0.39 is 0 Å². The molecule has 1 atom stereocenters. The second-order valence-corrected chi connectivity index (χ2v) is 3.26. The molecule has 1 heterocycles. The van der Waals surface area contributed by atoms with Crippen LogP contribution in [0.3, 0.4) is 0 Å². The van der Waals surface area contributed by atoms with Gasteiger partial charge in [0.2, 0.25) is 0 Å². The fourth-order valence-corrected chi connectivity index (χ4v) is 1.17. The number of pyridine rings is 1. The highest BCUT2D eigenvalue weighted by Gasteiger charge is 2.01. The number of hydrogen-bond donors (Lipinski definition) is 3. The highest BCUT2D eigenvalue weighted by atomic mass is 16.3. The van der Waals surface area contributed by atoms with Crippen molar-refractivity contribution < 1.29 is 5.11 Å². The summed E-state index contributed by atoms with van der Waals surface area (Å²) in [4.78, 5) is 4.26. The molecule has 3 N–H and O–H groups in total. The molecule has 0 aliphatic rings.